The molecule has 0 bridgehead atoms. The zero-order valence-corrected chi connectivity index (χ0v) is 30.7. The summed E-state index contributed by atoms with van der Waals surface area (Å²) in [6, 6.07) is 68.4. The Balaban J connectivity index is 1.08. The smallest absolute Gasteiger partial charge is 0.162 e. The quantitative estimate of drug-likeness (QED) is 0.177. The van der Waals surface area contributed by atoms with Gasteiger partial charge >= 0.3 is 0 Å². The van der Waals surface area contributed by atoms with Crippen LogP contribution in [0.1, 0.15) is 0 Å². The molecule has 0 atom stereocenters. The van der Waals surface area contributed by atoms with Gasteiger partial charge in [0, 0.05) is 49.4 Å². The van der Waals surface area contributed by atoms with E-state index in [9.17, 15) is 0 Å². The summed E-state index contributed by atoms with van der Waals surface area (Å²) in [6.07, 6.45) is 0. The molecule has 0 spiro atoms. The Labute approximate surface area is 327 Å². The van der Waals surface area contributed by atoms with Gasteiger partial charge in [-0.3, -0.25) is 4.57 Å². The minimum Gasteiger partial charge on any atom is -0.456 e. The number of nitrogens with zero attached hydrogens (tertiary/aromatic N) is 4. The molecule has 0 saturated heterocycles. The minimum atomic E-state index is 0.674. The number of hydrogen-bond donors (Lipinski definition) is 0. The van der Waals surface area contributed by atoms with Crippen LogP contribution in [0.2, 0.25) is 0 Å². The van der Waals surface area contributed by atoms with Crippen molar-refractivity contribution >= 4 is 65.7 Å². The molecule has 57 heavy (non-hydrogen) atoms. The topological polar surface area (TPSA) is 48.8 Å². The van der Waals surface area contributed by atoms with Crippen molar-refractivity contribution in [2.24, 2.45) is 0 Å². The lowest BCUT2D eigenvalue weighted by Crippen LogP contribution is -2.00. The highest BCUT2D eigenvalue weighted by molar-refractivity contribution is 6.15. The largest absolute Gasteiger partial charge is 0.456 e. The maximum Gasteiger partial charge on any atom is 0.162 e. The highest BCUT2D eigenvalue weighted by atomic mass is 16.3. The summed E-state index contributed by atoms with van der Waals surface area (Å²) in [4.78, 5) is 10.9. The number of benzene rings is 8. The Kier molecular flexibility index (Phi) is 6.86. The van der Waals surface area contributed by atoms with E-state index >= 15 is 0 Å². The van der Waals surface area contributed by atoms with Crippen molar-refractivity contribution in [3.63, 3.8) is 0 Å². The average molecular weight is 729 g/mol. The van der Waals surface area contributed by atoms with Crippen molar-refractivity contribution in [2.75, 3.05) is 0 Å². The van der Waals surface area contributed by atoms with E-state index in [0.717, 1.165) is 83.2 Å². The Hall–Kier alpha value is -7.76. The molecule has 0 unspecified atom stereocenters. The standard InChI is InChI=1S/C52H32N4O/c1-3-13-33(14-4-1)50-49-43-32-35(36-26-30-48-42(31-36)41-19-9-12-22-47(41)57-48)25-29-46(43)56(37-15-5-2-6-16-37)52(49)54-51(53-50)34-23-27-38(28-24-34)55-44-20-10-7-17-39(44)40-18-8-11-21-45(40)55/h1-32H. The molecule has 0 amide bonds. The lowest BCUT2D eigenvalue weighted by Gasteiger charge is -2.11. The molecule has 0 fully saturated rings. The van der Waals surface area contributed by atoms with Crippen molar-refractivity contribution in [1.29, 1.82) is 0 Å². The van der Waals surface area contributed by atoms with E-state index in [2.05, 4.69) is 191 Å². The van der Waals surface area contributed by atoms with Gasteiger partial charge in [0.2, 0.25) is 0 Å². The van der Waals surface area contributed by atoms with Crippen LogP contribution in [0.3, 0.4) is 0 Å². The number of rotatable bonds is 5. The van der Waals surface area contributed by atoms with Crippen LogP contribution in [0.15, 0.2) is 199 Å². The zero-order valence-electron chi connectivity index (χ0n) is 30.7. The van der Waals surface area contributed by atoms with Gasteiger partial charge in [-0.05, 0) is 90.0 Å². The molecule has 5 heteroatoms. The van der Waals surface area contributed by atoms with Crippen LogP contribution in [-0.2, 0) is 0 Å². The molecule has 0 aliphatic carbocycles. The van der Waals surface area contributed by atoms with Gasteiger partial charge < -0.3 is 8.98 Å². The molecule has 0 N–H and O–H groups in total. The number of fused-ring (bicyclic) bond motifs is 9. The maximum absolute atomic E-state index is 6.17. The molecule has 0 aliphatic rings. The van der Waals surface area contributed by atoms with Crippen LogP contribution in [0, 0.1) is 0 Å². The normalized spacial score (nSPS) is 11.9. The number of para-hydroxylation sites is 4. The minimum absolute atomic E-state index is 0.674. The van der Waals surface area contributed by atoms with E-state index in [1.54, 1.807) is 0 Å². The monoisotopic (exact) mass is 728 g/mol. The molecular formula is C52H32N4O. The first kappa shape index (κ1) is 31.6. The third kappa shape index (κ3) is 4.89. The van der Waals surface area contributed by atoms with E-state index in [1.165, 1.54) is 21.8 Å². The van der Waals surface area contributed by atoms with Gasteiger partial charge in [0.1, 0.15) is 16.8 Å². The molecule has 0 aliphatic heterocycles. The van der Waals surface area contributed by atoms with Gasteiger partial charge in [-0.25, -0.2) is 9.97 Å². The summed E-state index contributed by atoms with van der Waals surface area (Å²) in [6.45, 7) is 0. The van der Waals surface area contributed by atoms with E-state index in [0.29, 0.717) is 5.82 Å². The van der Waals surface area contributed by atoms with Gasteiger partial charge in [0.25, 0.3) is 0 Å². The molecule has 0 radical (unpaired) electrons. The third-order valence-corrected chi connectivity index (χ3v) is 11.3. The Bertz CT molecular complexity index is 3450. The van der Waals surface area contributed by atoms with Gasteiger partial charge in [0.05, 0.1) is 27.6 Å². The van der Waals surface area contributed by atoms with Crippen molar-refractivity contribution in [2.45, 2.75) is 0 Å². The summed E-state index contributed by atoms with van der Waals surface area (Å²) in [7, 11) is 0. The lowest BCUT2D eigenvalue weighted by molar-refractivity contribution is 0.669. The summed E-state index contributed by atoms with van der Waals surface area (Å²) in [5.41, 5.74) is 13.3. The van der Waals surface area contributed by atoms with E-state index < -0.39 is 0 Å². The van der Waals surface area contributed by atoms with Crippen LogP contribution in [0.25, 0.3) is 111 Å². The van der Waals surface area contributed by atoms with Crippen molar-refractivity contribution in [3.05, 3.63) is 194 Å². The highest BCUT2D eigenvalue weighted by Gasteiger charge is 2.22. The fraction of sp³-hybridized carbons (Fsp3) is 0. The molecule has 5 nitrogen and oxygen atoms in total. The number of hydrogen-bond acceptors (Lipinski definition) is 3. The van der Waals surface area contributed by atoms with E-state index in [4.69, 9.17) is 14.4 Å². The van der Waals surface area contributed by atoms with Crippen LogP contribution in [0.4, 0.5) is 0 Å². The average Bonchev–Trinajstić information content (AvgIpc) is 3.94. The molecule has 0 saturated carbocycles. The zero-order chi connectivity index (χ0) is 37.5. The van der Waals surface area contributed by atoms with Gasteiger partial charge in [-0.15, -0.1) is 0 Å². The molecule has 4 heterocycles. The van der Waals surface area contributed by atoms with Crippen LogP contribution < -0.4 is 0 Å². The summed E-state index contributed by atoms with van der Waals surface area (Å²) in [5.74, 6) is 0.674. The van der Waals surface area contributed by atoms with Crippen LogP contribution in [0.5, 0.6) is 0 Å². The third-order valence-electron chi connectivity index (χ3n) is 11.3. The predicted octanol–water partition coefficient (Wildman–Crippen LogP) is 13.6. The van der Waals surface area contributed by atoms with Crippen LogP contribution >= 0.6 is 0 Å². The SMILES string of the molecule is c1ccc(-c2nc(-c3ccc(-n4c5ccccc5c5ccccc54)cc3)nc3c2c2cc(-c4ccc5oc6ccccc6c5c4)ccc2n3-c2ccccc2)cc1. The van der Waals surface area contributed by atoms with Crippen molar-refractivity contribution < 1.29 is 4.42 Å². The first-order valence-electron chi connectivity index (χ1n) is 19.2. The first-order valence-corrected chi connectivity index (χ1v) is 19.2. The molecule has 12 aromatic rings. The fourth-order valence-corrected chi connectivity index (χ4v) is 8.72. The lowest BCUT2D eigenvalue weighted by atomic mass is 9.99. The Morgan fingerprint density at radius 2 is 0.895 bits per heavy atom. The predicted molar refractivity (Wildman–Crippen MR) is 234 cm³/mol. The maximum atomic E-state index is 6.17. The second-order valence-electron chi connectivity index (χ2n) is 14.6. The summed E-state index contributed by atoms with van der Waals surface area (Å²) < 4.78 is 10.8. The highest BCUT2D eigenvalue weighted by Crippen LogP contribution is 2.41. The molecule has 8 aromatic carbocycles. The van der Waals surface area contributed by atoms with E-state index in [-0.39, 0.29) is 0 Å². The van der Waals surface area contributed by atoms with Gasteiger partial charge in [-0.1, -0.05) is 115 Å². The van der Waals surface area contributed by atoms with E-state index in [1.807, 2.05) is 12.1 Å². The molecule has 4 aromatic heterocycles. The van der Waals surface area contributed by atoms with Crippen molar-refractivity contribution in [1.82, 2.24) is 19.1 Å². The first-order chi connectivity index (χ1) is 28.3. The number of aromatic nitrogens is 4. The van der Waals surface area contributed by atoms with Crippen LogP contribution in [-0.4, -0.2) is 19.1 Å². The van der Waals surface area contributed by atoms with Gasteiger partial charge in [0.15, 0.2) is 5.82 Å². The second-order valence-corrected chi connectivity index (χ2v) is 14.6. The summed E-state index contributed by atoms with van der Waals surface area (Å²) in [5, 5.41) is 6.82. The summed E-state index contributed by atoms with van der Waals surface area (Å²) >= 11 is 0. The van der Waals surface area contributed by atoms with Crippen molar-refractivity contribution in [3.8, 4) is 45.1 Å². The molecule has 12 rings (SSSR count). The van der Waals surface area contributed by atoms with Gasteiger partial charge in [-0.2, -0.15) is 0 Å². The Morgan fingerprint density at radius 3 is 1.63 bits per heavy atom. The Morgan fingerprint density at radius 1 is 0.351 bits per heavy atom. The molecular weight excluding hydrogens is 697 g/mol. The fourth-order valence-electron chi connectivity index (χ4n) is 8.72. The number of furan rings is 1. The molecule has 266 valence electrons. The second kappa shape index (κ2) is 12.4.